The number of aromatic amines is 1. The maximum atomic E-state index is 12.2. The van der Waals surface area contributed by atoms with E-state index in [2.05, 4.69) is 28.8 Å². The predicted molar refractivity (Wildman–Crippen MR) is 91.3 cm³/mol. The standard InChI is InChI=1S/C18H20N4O/c1-3-18(7-4-5-12(2)9-18)22-16-13-6-8-20-11-15(13)21-17(23)14(16)10-19/h6,8,11H,2-5,7,9H2,1H3,(H2,21,22,23). The van der Waals surface area contributed by atoms with E-state index in [1.165, 1.54) is 5.57 Å². The summed E-state index contributed by atoms with van der Waals surface area (Å²) in [5.41, 5.74) is 2.08. The first-order valence-electron chi connectivity index (χ1n) is 7.93. The number of H-pyrrole nitrogens is 1. The molecule has 1 unspecified atom stereocenters. The molecule has 1 aliphatic rings. The maximum absolute atomic E-state index is 12.2. The third-order valence-corrected chi connectivity index (χ3v) is 4.77. The lowest BCUT2D eigenvalue weighted by Crippen LogP contribution is -2.41. The number of nitriles is 1. The molecule has 23 heavy (non-hydrogen) atoms. The van der Waals surface area contributed by atoms with E-state index >= 15 is 0 Å². The number of nitrogens with one attached hydrogen (secondary N) is 2. The van der Waals surface area contributed by atoms with Crippen molar-refractivity contribution in [3.8, 4) is 6.07 Å². The van der Waals surface area contributed by atoms with Gasteiger partial charge in [0.2, 0.25) is 0 Å². The van der Waals surface area contributed by atoms with E-state index in [0.29, 0.717) is 11.2 Å². The molecule has 0 spiro atoms. The van der Waals surface area contributed by atoms with Crippen LogP contribution in [-0.4, -0.2) is 15.5 Å². The number of aromatic nitrogens is 2. The van der Waals surface area contributed by atoms with Gasteiger partial charge in [0.25, 0.3) is 5.56 Å². The van der Waals surface area contributed by atoms with Gasteiger partial charge in [-0.1, -0.05) is 19.1 Å². The Labute approximate surface area is 135 Å². The van der Waals surface area contributed by atoms with Gasteiger partial charge in [0.05, 0.1) is 17.4 Å². The minimum Gasteiger partial charge on any atom is -0.378 e. The van der Waals surface area contributed by atoms with Gasteiger partial charge in [-0.2, -0.15) is 5.26 Å². The topological polar surface area (TPSA) is 81.6 Å². The number of hydrogen-bond donors (Lipinski definition) is 2. The van der Waals surface area contributed by atoms with E-state index in [1.54, 1.807) is 12.4 Å². The molecule has 2 aromatic heterocycles. The summed E-state index contributed by atoms with van der Waals surface area (Å²) in [4.78, 5) is 19.0. The van der Waals surface area contributed by atoms with Crippen molar-refractivity contribution in [1.82, 2.24) is 9.97 Å². The Bertz CT molecular complexity index is 861. The molecule has 1 aliphatic carbocycles. The van der Waals surface area contributed by atoms with E-state index in [4.69, 9.17) is 0 Å². The minimum absolute atomic E-state index is 0.132. The largest absolute Gasteiger partial charge is 0.378 e. The Kier molecular flexibility index (Phi) is 3.91. The Morgan fingerprint density at radius 2 is 2.39 bits per heavy atom. The van der Waals surface area contributed by atoms with E-state index in [1.807, 2.05) is 12.1 Å². The summed E-state index contributed by atoms with van der Waals surface area (Å²) >= 11 is 0. The van der Waals surface area contributed by atoms with Crippen LogP contribution in [0.3, 0.4) is 0 Å². The highest BCUT2D eigenvalue weighted by molar-refractivity contribution is 5.93. The lowest BCUT2D eigenvalue weighted by molar-refractivity contribution is 0.365. The third-order valence-electron chi connectivity index (χ3n) is 4.77. The molecule has 0 radical (unpaired) electrons. The Hall–Kier alpha value is -2.61. The first-order valence-corrected chi connectivity index (χ1v) is 7.93. The zero-order valence-electron chi connectivity index (χ0n) is 13.3. The summed E-state index contributed by atoms with van der Waals surface area (Å²) in [6.45, 7) is 6.27. The summed E-state index contributed by atoms with van der Waals surface area (Å²) in [5.74, 6) is 0. The van der Waals surface area contributed by atoms with Gasteiger partial charge in [-0.25, -0.2) is 0 Å². The van der Waals surface area contributed by atoms with Crippen molar-refractivity contribution in [2.24, 2.45) is 0 Å². The Morgan fingerprint density at radius 3 is 3.09 bits per heavy atom. The molecule has 0 saturated heterocycles. The van der Waals surface area contributed by atoms with Gasteiger partial charge in [-0.05, 0) is 38.2 Å². The molecule has 0 aliphatic heterocycles. The molecule has 2 aromatic rings. The van der Waals surface area contributed by atoms with E-state index in [9.17, 15) is 10.1 Å². The molecule has 2 N–H and O–H groups in total. The molecule has 0 amide bonds. The van der Waals surface area contributed by atoms with Gasteiger partial charge in [0.15, 0.2) is 0 Å². The second kappa shape index (κ2) is 5.88. The summed E-state index contributed by atoms with van der Waals surface area (Å²) < 4.78 is 0. The third kappa shape index (κ3) is 2.72. The van der Waals surface area contributed by atoms with Crippen LogP contribution in [0.1, 0.15) is 44.6 Å². The quantitative estimate of drug-likeness (QED) is 0.850. The summed E-state index contributed by atoms with van der Waals surface area (Å²) in [7, 11) is 0. The number of rotatable bonds is 3. The van der Waals surface area contributed by atoms with Gasteiger partial charge >= 0.3 is 0 Å². The summed E-state index contributed by atoms with van der Waals surface area (Å²) in [5, 5.41) is 13.8. The van der Waals surface area contributed by atoms with Gasteiger partial charge < -0.3 is 10.3 Å². The van der Waals surface area contributed by atoms with Crippen LogP contribution in [0.4, 0.5) is 5.69 Å². The normalized spacial score (nSPS) is 21.1. The molecule has 5 nitrogen and oxygen atoms in total. The highest BCUT2D eigenvalue weighted by Gasteiger charge is 2.33. The second-order valence-corrected chi connectivity index (χ2v) is 6.28. The van der Waals surface area contributed by atoms with Crippen LogP contribution in [-0.2, 0) is 0 Å². The molecular weight excluding hydrogens is 288 g/mol. The summed E-state index contributed by atoms with van der Waals surface area (Å²) in [6.07, 6.45) is 8.20. The van der Waals surface area contributed by atoms with Gasteiger partial charge in [0.1, 0.15) is 11.6 Å². The van der Waals surface area contributed by atoms with Gasteiger partial charge in [-0.15, -0.1) is 0 Å². The van der Waals surface area contributed by atoms with E-state index < -0.39 is 0 Å². The fourth-order valence-electron chi connectivity index (χ4n) is 3.48. The van der Waals surface area contributed by atoms with Crippen LogP contribution >= 0.6 is 0 Å². The molecule has 1 saturated carbocycles. The molecule has 5 heteroatoms. The van der Waals surface area contributed by atoms with Crippen molar-refractivity contribution in [3.05, 3.63) is 46.5 Å². The zero-order valence-corrected chi connectivity index (χ0v) is 13.3. The predicted octanol–water partition coefficient (Wildman–Crippen LogP) is 3.49. The molecule has 3 rings (SSSR count). The number of fused-ring (bicyclic) bond motifs is 1. The van der Waals surface area contributed by atoms with Crippen molar-refractivity contribution in [2.45, 2.75) is 44.6 Å². The van der Waals surface area contributed by atoms with Crippen LogP contribution in [0, 0.1) is 11.3 Å². The van der Waals surface area contributed by atoms with Crippen LogP contribution < -0.4 is 10.9 Å². The number of pyridine rings is 2. The molecule has 0 aromatic carbocycles. The minimum atomic E-state index is -0.378. The summed E-state index contributed by atoms with van der Waals surface area (Å²) in [6, 6.07) is 3.88. The van der Waals surface area contributed by atoms with Crippen LogP contribution in [0.25, 0.3) is 10.9 Å². The number of nitrogens with zero attached hydrogens (tertiary/aromatic N) is 2. The molecule has 0 bridgehead atoms. The van der Waals surface area contributed by atoms with Gasteiger partial charge in [-0.3, -0.25) is 9.78 Å². The van der Waals surface area contributed by atoms with Crippen LogP contribution in [0.2, 0.25) is 0 Å². The zero-order chi connectivity index (χ0) is 16.4. The molecule has 1 fully saturated rings. The maximum Gasteiger partial charge on any atom is 0.268 e. The first-order chi connectivity index (χ1) is 11.1. The first kappa shape index (κ1) is 15.3. The van der Waals surface area contributed by atoms with Crippen molar-refractivity contribution in [3.63, 3.8) is 0 Å². The average Bonchev–Trinajstić information content (AvgIpc) is 2.55. The Balaban J connectivity index is 2.17. The highest BCUT2D eigenvalue weighted by atomic mass is 16.1. The lowest BCUT2D eigenvalue weighted by atomic mass is 9.77. The molecule has 118 valence electrons. The molecule has 1 atom stereocenters. The SMILES string of the molecule is C=C1CCCC(CC)(Nc2c(C#N)c(=O)[nH]c3cnccc23)C1. The second-order valence-electron chi connectivity index (χ2n) is 6.28. The monoisotopic (exact) mass is 308 g/mol. The van der Waals surface area contributed by atoms with Gasteiger partial charge in [0, 0.05) is 17.1 Å². The van der Waals surface area contributed by atoms with Crippen LogP contribution in [0.5, 0.6) is 0 Å². The van der Waals surface area contributed by atoms with Crippen molar-refractivity contribution >= 4 is 16.6 Å². The molecular formula is C18H20N4O. The van der Waals surface area contributed by atoms with Crippen LogP contribution in [0.15, 0.2) is 35.4 Å². The molecule has 2 heterocycles. The number of hydrogen-bond acceptors (Lipinski definition) is 4. The van der Waals surface area contributed by atoms with Crippen molar-refractivity contribution < 1.29 is 0 Å². The van der Waals surface area contributed by atoms with E-state index in [-0.39, 0.29) is 16.7 Å². The fourth-order valence-corrected chi connectivity index (χ4v) is 3.48. The average molecular weight is 308 g/mol. The van der Waals surface area contributed by atoms with Crippen molar-refractivity contribution in [2.75, 3.05) is 5.32 Å². The van der Waals surface area contributed by atoms with Crippen molar-refractivity contribution in [1.29, 1.82) is 5.26 Å². The fraction of sp³-hybridized carbons (Fsp3) is 0.389. The van der Waals surface area contributed by atoms with E-state index in [0.717, 1.165) is 37.5 Å². The Morgan fingerprint density at radius 1 is 1.57 bits per heavy atom. The number of anilines is 1. The highest BCUT2D eigenvalue weighted by Crippen LogP contribution is 2.38. The lowest BCUT2D eigenvalue weighted by Gasteiger charge is -2.39. The smallest absolute Gasteiger partial charge is 0.268 e.